The molecule has 0 saturated heterocycles. The van der Waals surface area contributed by atoms with Crippen molar-refractivity contribution in [2.45, 2.75) is 46.5 Å². The molecule has 0 fully saturated rings. The van der Waals surface area contributed by atoms with Crippen LogP contribution in [0, 0.1) is 13.8 Å². The number of nitrogens with zero attached hydrogens (tertiary/aromatic N) is 1. The highest BCUT2D eigenvalue weighted by Gasteiger charge is 2.16. The summed E-state index contributed by atoms with van der Waals surface area (Å²) in [6.07, 6.45) is 5.03. The number of aryl methyl sites for hydroxylation is 3. The molecule has 0 unspecified atom stereocenters. The normalized spacial score (nSPS) is 14.5. The van der Waals surface area contributed by atoms with E-state index in [4.69, 9.17) is 4.98 Å². The number of anilines is 1. The van der Waals surface area contributed by atoms with Crippen molar-refractivity contribution in [3.8, 4) is 0 Å². The van der Waals surface area contributed by atoms with Crippen LogP contribution in [0.2, 0.25) is 0 Å². The molecule has 2 heteroatoms. The summed E-state index contributed by atoms with van der Waals surface area (Å²) >= 11 is 0. The lowest BCUT2D eigenvalue weighted by Crippen LogP contribution is -2.08. The second-order valence-corrected chi connectivity index (χ2v) is 5.53. The van der Waals surface area contributed by atoms with E-state index in [0.29, 0.717) is 0 Å². The van der Waals surface area contributed by atoms with Gasteiger partial charge in [-0.3, -0.25) is 4.98 Å². The van der Waals surface area contributed by atoms with Crippen molar-refractivity contribution in [3.05, 3.63) is 34.5 Å². The predicted octanol–water partition coefficient (Wildman–Crippen LogP) is 4.16. The third-order valence-electron chi connectivity index (χ3n) is 4.32. The molecule has 1 heterocycles. The van der Waals surface area contributed by atoms with Crippen molar-refractivity contribution in [2.24, 2.45) is 0 Å². The molecule has 1 aliphatic rings. The van der Waals surface area contributed by atoms with E-state index in [9.17, 15) is 0 Å². The first kappa shape index (κ1) is 12.5. The molecule has 0 bridgehead atoms. The fourth-order valence-corrected chi connectivity index (χ4v) is 3.18. The molecule has 2 nitrogen and oxygen atoms in total. The third-order valence-corrected chi connectivity index (χ3v) is 4.32. The Morgan fingerprint density at radius 1 is 1.16 bits per heavy atom. The lowest BCUT2D eigenvalue weighted by Gasteiger charge is -2.20. The summed E-state index contributed by atoms with van der Waals surface area (Å²) in [5.41, 5.74) is 7.95. The second kappa shape index (κ2) is 4.84. The topological polar surface area (TPSA) is 24.9 Å². The Kier molecular flexibility index (Phi) is 3.17. The first-order valence-corrected chi connectivity index (χ1v) is 7.38. The fourth-order valence-electron chi connectivity index (χ4n) is 3.18. The van der Waals surface area contributed by atoms with Crippen LogP contribution in [0.25, 0.3) is 10.9 Å². The molecule has 1 aromatic carbocycles. The molecule has 0 saturated carbocycles. The molecule has 0 aliphatic heterocycles. The minimum absolute atomic E-state index is 0.955. The summed E-state index contributed by atoms with van der Waals surface area (Å²) in [4.78, 5) is 4.89. The molecule has 3 rings (SSSR count). The molecule has 0 amide bonds. The number of fused-ring (bicyclic) bond motifs is 3. The summed E-state index contributed by atoms with van der Waals surface area (Å²) < 4.78 is 0. The van der Waals surface area contributed by atoms with Gasteiger partial charge in [0.25, 0.3) is 0 Å². The molecule has 100 valence electrons. The van der Waals surface area contributed by atoms with Gasteiger partial charge in [-0.15, -0.1) is 0 Å². The van der Waals surface area contributed by atoms with E-state index in [1.54, 1.807) is 0 Å². The van der Waals surface area contributed by atoms with Gasteiger partial charge in [0.05, 0.1) is 5.52 Å². The van der Waals surface area contributed by atoms with Gasteiger partial charge < -0.3 is 5.32 Å². The average Bonchev–Trinajstić information content (AvgIpc) is 2.44. The maximum atomic E-state index is 4.89. The van der Waals surface area contributed by atoms with Crippen molar-refractivity contribution in [2.75, 3.05) is 11.9 Å². The van der Waals surface area contributed by atoms with Gasteiger partial charge in [0.15, 0.2) is 0 Å². The summed E-state index contributed by atoms with van der Waals surface area (Å²) in [6, 6.07) is 4.57. The summed E-state index contributed by atoms with van der Waals surface area (Å²) in [6.45, 7) is 7.40. The van der Waals surface area contributed by atoms with Crippen LogP contribution >= 0.6 is 0 Å². The van der Waals surface area contributed by atoms with Crippen molar-refractivity contribution < 1.29 is 0 Å². The highest BCUT2D eigenvalue weighted by atomic mass is 14.9. The van der Waals surface area contributed by atoms with Crippen LogP contribution in [0.1, 0.15) is 42.1 Å². The predicted molar refractivity (Wildman–Crippen MR) is 82.0 cm³/mol. The Hall–Kier alpha value is -1.57. The van der Waals surface area contributed by atoms with Crippen LogP contribution in [0.3, 0.4) is 0 Å². The molecule has 19 heavy (non-hydrogen) atoms. The van der Waals surface area contributed by atoms with E-state index in [-0.39, 0.29) is 0 Å². The number of hydrogen-bond acceptors (Lipinski definition) is 2. The zero-order valence-electron chi connectivity index (χ0n) is 12.1. The number of benzene rings is 1. The first-order valence-electron chi connectivity index (χ1n) is 7.38. The van der Waals surface area contributed by atoms with Crippen LogP contribution in [0.15, 0.2) is 12.1 Å². The molecular formula is C17H22N2. The van der Waals surface area contributed by atoms with E-state index < -0.39 is 0 Å². The smallest absolute Gasteiger partial charge is 0.0760 e. The van der Waals surface area contributed by atoms with Crippen LogP contribution in [0.5, 0.6) is 0 Å². The van der Waals surface area contributed by atoms with E-state index in [1.165, 1.54) is 59.0 Å². The molecule has 2 aromatic rings. The van der Waals surface area contributed by atoms with Crippen LogP contribution in [0.4, 0.5) is 5.69 Å². The minimum atomic E-state index is 0.955. The Bertz CT molecular complexity index is 629. The third kappa shape index (κ3) is 1.99. The zero-order chi connectivity index (χ0) is 13.4. The van der Waals surface area contributed by atoms with Crippen LogP contribution in [-0.4, -0.2) is 11.5 Å². The molecule has 1 aliphatic carbocycles. The Morgan fingerprint density at radius 3 is 2.74 bits per heavy atom. The first-order chi connectivity index (χ1) is 9.22. The second-order valence-electron chi connectivity index (χ2n) is 5.53. The van der Waals surface area contributed by atoms with E-state index in [2.05, 4.69) is 38.2 Å². The van der Waals surface area contributed by atoms with Crippen LogP contribution < -0.4 is 5.32 Å². The van der Waals surface area contributed by atoms with Gasteiger partial charge in [-0.05, 0) is 63.1 Å². The maximum absolute atomic E-state index is 4.89. The van der Waals surface area contributed by atoms with E-state index in [1.807, 2.05) is 0 Å². The molecular weight excluding hydrogens is 232 g/mol. The number of aromatic nitrogens is 1. The molecule has 1 N–H and O–H groups in total. The lowest BCUT2D eigenvalue weighted by atomic mass is 9.89. The summed E-state index contributed by atoms with van der Waals surface area (Å²) in [5.74, 6) is 0. The standard InChI is InChI=1S/C17H22N2/c1-4-18-16-11(2)12(3)19-17-14-8-6-5-7-13(14)9-10-15(16)17/h9-10H,4-8H2,1-3H3,(H,18,19). The Balaban J connectivity index is 2.32. The van der Waals surface area contributed by atoms with Gasteiger partial charge in [0.1, 0.15) is 0 Å². The average molecular weight is 254 g/mol. The Morgan fingerprint density at radius 2 is 1.95 bits per heavy atom. The number of nitrogens with one attached hydrogen (secondary N) is 1. The van der Waals surface area contributed by atoms with E-state index >= 15 is 0 Å². The molecule has 1 aromatic heterocycles. The Labute approximate surface area is 115 Å². The van der Waals surface area contributed by atoms with Gasteiger partial charge >= 0.3 is 0 Å². The highest BCUT2D eigenvalue weighted by Crippen LogP contribution is 2.34. The number of hydrogen-bond donors (Lipinski definition) is 1. The molecule has 0 atom stereocenters. The molecule has 0 spiro atoms. The van der Waals surface area contributed by atoms with Crippen molar-refractivity contribution >= 4 is 16.6 Å². The van der Waals surface area contributed by atoms with Gasteiger partial charge in [-0.2, -0.15) is 0 Å². The van der Waals surface area contributed by atoms with Crippen LogP contribution in [-0.2, 0) is 12.8 Å². The van der Waals surface area contributed by atoms with Gasteiger partial charge in [0.2, 0.25) is 0 Å². The molecule has 0 radical (unpaired) electrons. The SMILES string of the molecule is CCNc1c(C)c(C)nc2c3c(ccc12)CCCC3. The summed E-state index contributed by atoms with van der Waals surface area (Å²) in [5, 5.41) is 4.82. The number of pyridine rings is 1. The highest BCUT2D eigenvalue weighted by molar-refractivity contribution is 5.95. The van der Waals surface area contributed by atoms with Gasteiger partial charge in [0, 0.05) is 23.3 Å². The largest absolute Gasteiger partial charge is 0.385 e. The van der Waals surface area contributed by atoms with Crippen molar-refractivity contribution in [1.82, 2.24) is 4.98 Å². The number of rotatable bonds is 2. The lowest BCUT2D eigenvalue weighted by molar-refractivity contribution is 0.689. The van der Waals surface area contributed by atoms with Gasteiger partial charge in [-0.1, -0.05) is 12.1 Å². The fraction of sp³-hybridized carbons (Fsp3) is 0.471. The quantitative estimate of drug-likeness (QED) is 0.870. The summed E-state index contributed by atoms with van der Waals surface area (Å²) in [7, 11) is 0. The minimum Gasteiger partial charge on any atom is -0.385 e. The van der Waals surface area contributed by atoms with Crippen molar-refractivity contribution in [3.63, 3.8) is 0 Å². The zero-order valence-corrected chi connectivity index (χ0v) is 12.1. The maximum Gasteiger partial charge on any atom is 0.0760 e. The van der Waals surface area contributed by atoms with E-state index in [0.717, 1.165) is 12.2 Å². The van der Waals surface area contributed by atoms with Gasteiger partial charge in [-0.25, -0.2) is 0 Å². The van der Waals surface area contributed by atoms with Crippen molar-refractivity contribution in [1.29, 1.82) is 0 Å². The monoisotopic (exact) mass is 254 g/mol.